The van der Waals surface area contributed by atoms with Crippen LogP contribution in [0.1, 0.15) is 60.6 Å². The van der Waals surface area contributed by atoms with Crippen LogP contribution < -0.4 is 9.64 Å². The molecule has 8 heteroatoms. The molecule has 1 aromatic heterocycles. The van der Waals surface area contributed by atoms with Gasteiger partial charge in [-0.2, -0.15) is 0 Å². The summed E-state index contributed by atoms with van der Waals surface area (Å²) in [7, 11) is 1.50. The SMILES string of the molecule is COC(=O)C1C2CCC1CN(c1nc(-c3cc(C)ccc3OCc3ccc(C(O)N4CCCCC4)cc3C)cs1)C2. The van der Waals surface area contributed by atoms with Crippen molar-refractivity contribution in [1.29, 1.82) is 0 Å². The van der Waals surface area contributed by atoms with Crippen LogP contribution in [0.5, 0.6) is 5.75 Å². The van der Waals surface area contributed by atoms with E-state index < -0.39 is 6.23 Å². The summed E-state index contributed by atoms with van der Waals surface area (Å²) in [4.78, 5) is 21.9. The van der Waals surface area contributed by atoms with Gasteiger partial charge in [-0.05, 0) is 80.2 Å². The lowest BCUT2D eigenvalue weighted by Crippen LogP contribution is -2.45. The van der Waals surface area contributed by atoms with Crippen LogP contribution in [0, 0.1) is 31.6 Å². The van der Waals surface area contributed by atoms with E-state index in [-0.39, 0.29) is 11.9 Å². The van der Waals surface area contributed by atoms with Gasteiger partial charge in [-0.15, -0.1) is 11.3 Å². The van der Waals surface area contributed by atoms with Gasteiger partial charge in [0.25, 0.3) is 0 Å². The average Bonchev–Trinajstić information content (AvgIpc) is 3.59. The first-order valence-corrected chi connectivity index (χ1v) is 15.8. The van der Waals surface area contributed by atoms with Gasteiger partial charge in [0.2, 0.25) is 0 Å². The Bertz CT molecular complexity index is 1370. The third kappa shape index (κ3) is 5.87. The second kappa shape index (κ2) is 12.1. The number of aliphatic hydroxyl groups is 1. The molecule has 3 unspecified atom stereocenters. The Labute approximate surface area is 247 Å². The Balaban J connectivity index is 1.15. The molecule has 7 nitrogen and oxygen atoms in total. The van der Waals surface area contributed by atoms with Crippen LogP contribution in [0.4, 0.5) is 5.13 Å². The fraction of sp³-hybridized carbons (Fsp3) is 0.515. The number of carbonyl (C=O) groups excluding carboxylic acids is 1. The second-order valence-electron chi connectivity index (χ2n) is 12.0. The number of methoxy groups -OCH3 is 1. The number of fused-ring (bicyclic) bond motifs is 2. The van der Waals surface area contributed by atoms with E-state index in [1.54, 1.807) is 11.3 Å². The van der Waals surface area contributed by atoms with Crippen molar-refractivity contribution in [2.75, 3.05) is 38.2 Å². The Morgan fingerprint density at radius 1 is 1.07 bits per heavy atom. The summed E-state index contributed by atoms with van der Waals surface area (Å²) < 4.78 is 11.5. The molecule has 1 N–H and O–H groups in total. The molecule has 3 atom stereocenters. The molecule has 1 aliphatic carbocycles. The highest BCUT2D eigenvalue weighted by atomic mass is 32.1. The van der Waals surface area contributed by atoms with E-state index in [2.05, 4.69) is 53.3 Å². The number of nitrogens with zero attached hydrogens (tertiary/aromatic N) is 3. The zero-order valence-corrected chi connectivity index (χ0v) is 25.2. The Morgan fingerprint density at radius 2 is 1.83 bits per heavy atom. The summed E-state index contributed by atoms with van der Waals surface area (Å²) in [6.07, 6.45) is 5.15. The first kappa shape index (κ1) is 28.2. The minimum Gasteiger partial charge on any atom is -0.488 e. The van der Waals surface area contributed by atoms with Crippen molar-refractivity contribution in [1.82, 2.24) is 9.88 Å². The Hall–Kier alpha value is -2.94. The van der Waals surface area contributed by atoms with Crippen molar-refractivity contribution in [3.05, 3.63) is 64.0 Å². The highest BCUT2D eigenvalue weighted by Gasteiger charge is 2.47. The fourth-order valence-electron chi connectivity index (χ4n) is 6.97. The van der Waals surface area contributed by atoms with E-state index in [9.17, 15) is 9.90 Å². The second-order valence-corrected chi connectivity index (χ2v) is 12.8. The number of anilines is 1. The van der Waals surface area contributed by atoms with Gasteiger partial charge in [0.15, 0.2) is 5.13 Å². The molecule has 6 rings (SSSR count). The van der Waals surface area contributed by atoms with Crippen LogP contribution in [0.3, 0.4) is 0 Å². The minimum absolute atomic E-state index is 0.0259. The molecular weight excluding hydrogens is 534 g/mol. The number of aromatic nitrogens is 1. The van der Waals surface area contributed by atoms with Gasteiger partial charge in [0, 0.05) is 37.1 Å². The number of aliphatic hydroxyl groups excluding tert-OH is 1. The molecule has 0 amide bonds. The van der Waals surface area contributed by atoms with Crippen molar-refractivity contribution >= 4 is 22.4 Å². The lowest BCUT2D eigenvalue weighted by molar-refractivity contribution is -0.148. The molecule has 2 aliphatic heterocycles. The summed E-state index contributed by atoms with van der Waals surface area (Å²) in [5, 5.41) is 14.0. The lowest BCUT2D eigenvalue weighted by Gasteiger charge is -2.36. The minimum atomic E-state index is -0.548. The topological polar surface area (TPSA) is 75.1 Å². The zero-order valence-electron chi connectivity index (χ0n) is 24.3. The number of piperidine rings is 2. The first-order chi connectivity index (χ1) is 19.9. The number of esters is 1. The molecule has 41 heavy (non-hydrogen) atoms. The van der Waals surface area contributed by atoms with Gasteiger partial charge in [0.1, 0.15) is 18.6 Å². The van der Waals surface area contributed by atoms with Crippen molar-refractivity contribution in [2.24, 2.45) is 17.8 Å². The van der Waals surface area contributed by atoms with E-state index >= 15 is 0 Å². The quantitative estimate of drug-likeness (QED) is 0.325. The van der Waals surface area contributed by atoms with Crippen LogP contribution in [0.2, 0.25) is 0 Å². The number of ether oxygens (including phenoxy) is 2. The largest absolute Gasteiger partial charge is 0.488 e. The summed E-state index contributed by atoms with van der Waals surface area (Å²) in [5.41, 5.74) is 6.24. The van der Waals surface area contributed by atoms with Crippen molar-refractivity contribution in [3.63, 3.8) is 0 Å². The predicted octanol–water partition coefficient (Wildman–Crippen LogP) is 6.12. The van der Waals surface area contributed by atoms with Gasteiger partial charge >= 0.3 is 5.97 Å². The van der Waals surface area contributed by atoms with E-state index in [1.807, 2.05) is 12.1 Å². The number of hydrogen-bond donors (Lipinski definition) is 1. The summed E-state index contributed by atoms with van der Waals surface area (Å²) in [6.45, 7) is 8.23. The van der Waals surface area contributed by atoms with Gasteiger partial charge in [0.05, 0.1) is 18.7 Å². The van der Waals surface area contributed by atoms with Crippen LogP contribution in [-0.2, 0) is 16.1 Å². The van der Waals surface area contributed by atoms with E-state index in [1.165, 1.54) is 13.5 Å². The maximum Gasteiger partial charge on any atom is 0.309 e. The number of likely N-dealkylation sites (tertiary alicyclic amines) is 1. The van der Waals surface area contributed by atoms with Crippen molar-refractivity contribution < 1.29 is 19.4 Å². The number of carbonyl (C=O) groups is 1. The predicted molar refractivity (Wildman–Crippen MR) is 162 cm³/mol. The molecule has 0 radical (unpaired) electrons. The van der Waals surface area contributed by atoms with E-state index in [4.69, 9.17) is 14.5 Å². The normalized spacial score (nSPS) is 23.4. The molecule has 3 fully saturated rings. The van der Waals surface area contributed by atoms with E-state index in [0.29, 0.717) is 18.4 Å². The molecule has 3 aliphatic rings. The summed E-state index contributed by atoms with van der Waals surface area (Å²) in [5.74, 6) is 1.46. The number of benzene rings is 2. The van der Waals surface area contributed by atoms with Gasteiger partial charge in [-0.3, -0.25) is 9.69 Å². The fourth-order valence-corrected chi connectivity index (χ4v) is 7.82. The first-order valence-electron chi connectivity index (χ1n) is 14.9. The molecular formula is C33H41N3O4S. The molecule has 2 bridgehead atoms. The van der Waals surface area contributed by atoms with Gasteiger partial charge in [-0.1, -0.05) is 36.2 Å². The molecule has 3 heterocycles. The average molecular weight is 576 g/mol. The van der Waals surface area contributed by atoms with Crippen LogP contribution in [0.25, 0.3) is 11.3 Å². The lowest BCUT2D eigenvalue weighted by atomic mass is 9.85. The highest BCUT2D eigenvalue weighted by Crippen LogP contribution is 2.45. The van der Waals surface area contributed by atoms with E-state index in [0.717, 1.165) is 96.3 Å². The van der Waals surface area contributed by atoms with Gasteiger partial charge in [-0.25, -0.2) is 4.98 Å². The van der Waals surface area contributed by atoms with Gasteiger partial charge < -0.3 is 19.5 Å². The van der Waals surface area contributed by atoms with Crippen LogP contribution in [-0.4, -0.2) is 54.2 Å². The number of rotatable bonds is 8. The number of hydrogen-bond acceptors (Lipinski definition) is 8. The highest BCUT2D eigenvalue weighted by molar-refractivity contribution is 7.14. The van der Waals surface area contributed by atoms with Crippen LogP contribution >= 0.6 is 11.3 Å². The summed E-state index contributed by atoms with van der Waals surface area (Å²) >= 11 is 1.66. The smallest absolute Gasteiger partial charge is 0.309 e. The molecule has 0 spiro atoms. The molecule has 1 saturated carbocycles. The van der Waals surface area contributed by atoms with Crippen LogP contribution in [0.15, 0.2) is 41.8 Å². The van der Waals surface area contributed by atoms with Crippen molar-refractivity contribution in [2.45, 2.75) is 58.8 Å². The zero-order chi connectivity index (χ0) is 28.5. The third-order valence-corrected chi connectivity index (χ3v) is 10.2. The molecule has 218 valence electrons. The maximum absolute atomic E-state index is 12.3. The molecule has 3 aromatic rings. The van der Waals surface area contributed by atoms with Crippen molar-refractivity contribution in [3.8, 4) is 17.0 Å². The number of aryl methyl sites for hydroxylation is 2. The molecule has 2 aromatic carbocycles. The third-order valence-electron chi connectivity index (χ3n) is 9.27. The maximum atomic E-state index is 12.3. The standard InChI is InChI=1S/C33H41N3O4S/c1-21-7-12-29(40-19-26-11-8-23(16-22(26)2)31(37)35-13-5-4-6-14-35)27(15-21)28-20-41-33(34-28)36-17-24-9-10-25(18-36)30(24)32(38)39-3/h7-8,11-12,15-16,20,24-25,30-31,37H,4-6,9-10,13-14,17-19H2,1-3H3. The monoisotopic (exact) mass is 575 g/mol. The molecule has 2 saturated heterocycles. The Kier molecular flexibility index (Phi) is 8.33. The Morgan fingerprint density at radius 3 is 2.54 bits per heavy atom. The summed E-state index contributed by atoms with van der Waals surface area (Å²) in [6, 6.07) is 12.5. The number of thiazole rings is 1.